The van der Waals surface area contributed by atoms with E-state index in [0.29, 0.717) is 10.9 Å². The molecule has 13 heteroatoms. The minimum Gasteiger partial charge on any atom is -0.404 e. The van der Waals surface area contributed by atoms with E-state index in [4.69, 9.17) is 11.6 Å². The Hall–Kier alpha value is -3.28. The van der Waals surface area contributed by atoms with Gasteiger partial charge in [0.05, 0.1) is 17.4 Å². The lowest BCUT2D eigenvalue weighted by atomic mass is 10.2. The third kappa shape index (κ3) is 4.82. The molecule has 0 saturated heterocycles. The van der Waals surface area contributed by atoms with E-state index in [-0.39, 0.29) is 11.0 Å². The Labute approximate surface area is 169 Å². The summed E-state index contributed by atoms with van der Waals surface area (Å²) in [5, 5.41) is 5.41. The molecule has 0 aliphatic rings. The highest BCUT2D eigenvalue weighted by Crippen LogP contribution is 2.35. The number of halogens is 7. The van der Waals surface area contributed by atoms with Gasteiger partial charge < -0.3 is 10.1 Å². The molecule has 0 radical (unpaired) electrons. The zero-order valence-corrected chi connectivity index (χ0v) is 15.2. The maximum Gasteiger partial charge on any atom is 0.573 e. The number of carbonyl (C=O) groups excluding carboxylic acids is 1. The third-order valence-electron chi connectivity index (χ3n) is 3.56. The molecule has 0 bridgehead atoms. The van der Waals surface area contributed by atoms with E-state index >= 15 is 0 Å². The van der Waals surface area contributed by atoms with Crippen LogP contribution in [0.25, 0.3) is 5.82 Å². The highest BCUT2D eigenvalue weighted by atomic mass is 35.5. The number of nitrogens with zero attached hydrogens (tertiary/aromatic N) is 3. The Morgan fingerprint density at radius 2 is 1.73 bits per heavy atom. The van der Waals surface area contributed by atoms with Gasteiger partial charge in [0.15, 0.2) is 17.3 Å². The minimum absolute atomic E-state index is 0.111. The molecule has 0 unspecified atom stereocenters. The summed E-state index contributed by atoms with van der Waals surface area (Å²) in [7, 11) is 0. The van der Waals surface area contributed by atoms with E-state index in [0.717, 1.165) is 12.1 Å². The lowest BCUT2D eigenvalue weighted by Gasteiger charge is -2.15. The summed E-state index contributed by atoms with van der Waals surface area (Å²) in [5.74, 6) is -2.46. The second-order valence-corrected chi connectivity index (χ2v) is 6.02. The van der Waals surface area contributed by atoms with Crippen molar-refractivity contribution in [3.63, 3.8) is 0 Å². The number of hydrogen-bond donors (Lipinski definition) is 1. The molecule has 2 aromatic heterocycles. The van der Waals surface area contributed by atoms with Gasteiger partial charge in [-0.1, -0.05) is 29.8 Å². The zero-order valence-electron chi connectivity index (χ0n) is 14.4. The largest absolute Gasteiger partial charge is 0.573 e. The lowest BCUT2D eigenvalue weighted by Crippen LogP contribution is -2.22. The SMILES string of the molecule is O=C(Nc1ccccc1OC(F)(F)F)c1cnn(-c2cccc(Cl)n2)c1C(F)(F)F. The Kier molecular flexibility index (Phi) is 5.61. The molecule has 1 amide bonds. The van der Waals surface area contributed by atoms with Crippen molar-refractivity contribution in [3.05, 3.63) is 65.1 Å². The summed E-state index contributed by atoms with van der Waals surface area (Å²) in [4.78, 5) is 16.2. The number of rotatable bonds is 4. The van der Waals surface area contributed by atoms with Crippen LogP contribution in [0, 0.1) is 0 Å². The van der Waals surface area contributed by atoms with Crippen molar-refractivity contribution in [3.8, 4) is 11.6 Å². The van der Waals surface area contributed by atoms with Crippen LogP contribution in [0.3, 0.4) is 0 Å². The molecule has 6 nitrogen and oxygen atoms in total. The fraction of sp³-hybridized carbons (Fsp3) is 0.118. The van der Waals surface area contributed by atoms with E-state index in [1.807, 2.05) is 5.32 Å². The molecule has 0 aliphatic heterocycles. The van der Waals surface area contributed by atoms with Crippen LogP contribution in [0.2, 0.25) is 5.15 Å². The lowest BCUT2D eigenvalue weighted by molar-refractivity contribution is -0.274. The van der Waals surface area contributed by atoms with Crippen LogP contribution in [-0.2, 0) is 6.18 Å². The number of benzene rings is 1. The molecular weight excluding hydrogens is 442 g/mol. The van der Waals surface area contributed by atoms with Gasteiger partial charge in [0.2, 0.25) is 0 Å². The maximum atomic E-state index is 13.7. The first-order valence-corrected chi connectivity index (χ1v) is 8.28. The first-order chi connectivity index (χ1) is 14.0. The van der Waals surface area contributed by atoms with Gasteiger partial charge in [-0.3, -0.25) is 4.79 Å². The minimum atomic E-state index is -5.07. The van der Waals surface area contributed by atoms with E-state index in [1.54, 1.807) is 0 Å². The van der Waals surface area contributed by atoms with Gasteiger partial charge in [0.1, 0.15) is 5.15 Å². The summed E-state index contributed by atoms with van der Waals surface area (Å²) >= 11 is 5.69. The number of carbonyl (C=O) groups is 1. The average Bonchev–Trinajstić information content (AvgIpc) is 3.08. The molecule has 0 fully saturated rings. The van der Waals surface area contributed by atoms with Crippen molar-refractivity contribution in [2.24, 2.45) is 0 Å². The van der Waals surface area contributed by atoms with E-state index < -0.39 is 41.1 Å². The van der Waals surface area contributed by atoms with Crippen molar-refractivity contribution in [2.45, 2.75) is 12.5 Å². The summed E-state index contributed by atoms with van der Waals surface area (Å²) in [6.07, 6.45) is -9.50. The number of pyridine rings is 1. The molecule has 0 atom stereocenters. The summed E-state index contributed by atoms with van der Waals surface area (Å²) in [6, 6.07) is 8.23. The normalized spacial score (nSPS) is 12.0. The first kappa shape index (κ1) is 21.4. The predicted octanol–water partition coefficient (Wildman–Crippen LogP) is 5.09. The topological polar surface area (TPSA) is 69.0 Å². The smallest absolute Gasteiger partial charge is 0.404 e. The molecule has 0 aliphatic carbocycles. The number of ether oxygens (including phenoxy) is 1. The first-order valence-electron chi connectivity index (χ1n) is 7.90. The molecule has 30 heavy (non-hydrogen) atoms. The number of nitrogens with one attached hydrogen (secondary N) is 1. The third-order valence-corrected chi connectivity index (χ3v) is 3.77. The monoisotopic (exact) mass is 450 g/mol. The van der Waals surface area contributed by atoms with Gasteiger partial charge in [-0.25, -0.2) is 9.67 Å². The van der Waals surface area contributed by atoms with Crippen LogP contribution >= 0.6 is 11.6 Å². The molecule has 0 spiro atoms. The maximum absolute atomic E-state index is 13.7. The number of aromatic nitrogens is 3. The molecule has 0 saturated carbocycles. The zero-order chi connectivity index (χ0) is 22.1. The Balaban J connectivity index is 2.00. The van der Waals surface area contributed by atoms with Gasteiger partial charge >= 0.3 is 12.5 Å². The van der Waals surface area contributed by atoms with Crippen molar-refractivity contribution in [2.75, 3.05) is 5.32 Å². The van der Waals surface area contributed by atoms with E-state index in [9.17, 15) is 31.1 Å². The molecular formula is C17H9ClF6N4O2. The van der Waals surface area contributed by atoms with Gasteiger partial charge in [-0.15, -0.1) is 13.2 Å². The van der Waals surface area contributed by atoms with Crippen LogP contribution < -0.4 is 10.1 Å². The number of para-hydroxylation sites is 2. The van der Waals surface area contributed by atoms with E-state index in [1.165, 1.54) is 30.3 Å². The standard InChI is InChI=1S/C17H9ClF6N4O2/c18-12-6-3-7-13(27-12)28-14(16(19,20)21)9(8-25-28)15(29)26-10-4-1-2-5-11(10)30-17(22,23)24/h1-8H,(H,26,29). The number of hydrogen-bond acceptors (Lipinski definition) is 4. The summed E-state index contributed by atoms with van der Waals surface area (Å²) < 4.78 is 82.6. The molecule has 1 aromatic carbocycles. The van der Waals surface area contributed by atoms with Crippen LogP contribution in [0.1, 0.15) is 16.1 Å². The average molecular weight is 451 g/mol. The highest BCUT2D eigenvalue weighted by Gasteiger charge is 2.41. The number of anilines is 1. The fourth-order valence-corrected chi connectivity index (χ4v) is 2.61. The van der Waals surface area contributed by atoms with Crippen LogP contribution in [0.4, 0.5) is 32.0 Å². The van der Waals surface area contributed by atoms with Crippen LogP contribution in [0.5, 0.6) is 5.75 Å². The fourth-order valence-electron chi connectivity index (χ4n) is 2.45. The number of alkyl halides is 6. The van der Waals surface area contributed by atoms with Crippen molar-refractivity contribution < 1.29 is 35.9 Å². The van der Waals surface area contributed by atoms with Crippen LogP contribution in [0.15, 0.2) is 48.7 Å². The van der Waals surface area contributed by atoms with Crippen LogP contribution in [-0.4, -0.2) is 27.0 Å². The summed E-state index contributed by atoms with van der Waals surface area (Å²) in [5.41, 5.74) is -2.91. The summed E-state index contributed by atoms with van der Waals surface area (Å²) in [6.45, 7) is 0. The van der Waals surface area contributed by atoms with E-state index in [2.05, 4.69) is 14.8 Å². The molecule has 2 heterocycles. The van der Waals surface area contributed by atoms with Gasteiger partial charge in [0.25, 0.3) is 5.91 Å². The Morgan fingerprint density at radius 1 is 1.03 bits per heavy atom. The van der Waals surface area contributed by atoms with Gasteiger partial charge in [0, 0.05) is 0 Å². The van der Waals surface area contributed by atoms with Crippen molar-refractivity contribution >= 4 is 23.2 Å². The quantitative estimate of drug-likeness (QED) is 0.444. The highest BCUT2D eigenvalue weighted by molar-refractivity contribution is 6.29. The second-order valence-electron chi connectivity index (χ2n) is 5.63. The Morgan fingerprint density at radius 3 is 2.37 bits per heavy atom. The van der Waals surface area contributed by atoms with Crippen molar-refractivity contribution in [1.82, 2.24) is 14.8 Å². The predicted molar refractivity (Wildman–Crippen MR) is 92.4 cm³/mol. The Bertz CT molecular complexity index is 1080. The van der Waals surface area contributed by atoms with Crippen molar-refractivity contribution in [1.29, 1.82) is 0 Å². The van der Waals surface area contributed by atoms with Gasteiger partial charge in [-0.05, 0) is 24.3 Å². The molecule has 1 N–H and O–H groups in total. The molecule has 3 rings (SSSR count). The molecule has 3 aromatic rings. The molecule has 158 valence electrons. The second kappa shape index (κ2) is 7.86. The van der Waals surface area contributed by atoms with Gasteiger partial charge in [-0.2, -0.15) is 18.3 Å². The number of amides is 1.